The van der Waals surface area contributed by atoms with Crippen LogP contribution in [0.1, 0.15) is 158 Å². The van der Waals surface area contributed by atoms with E-state index in [1.807, 2.05) is 13.8 Å². The van der Waals surface area contributed by atoms with Crippen LogP contribution in [0.15, 0.2) is 146 Å². The van der Waals surface area contributed by atoms with E-state index >= 15 is 0 Å². The third-order valence-corrected chi connectivity index (χ3v) is 13.2. The van der Waals surface area contributed by atoms with E-state index in [-0.39, 0.29) is 128 Å². The molecule has 0 fully saturated rings. The predicted octanol–water partition coefficient (Wildman–Crippen LogP) is 16.0. The van der Waals surface area contributed by atoms with Gasteiger partial charge in [0.25, 0.3) is 0 Å². The van der Waals surface area contributed by atoms with E-state index in [4.69, 9.17) is 30.6 Å². The van der Waals surface area contributed by atoms with Gasteiger partial charge in [0.2, 0.25) is 0 Å². The molecule has 106 heavy (non-hydrogen) atoms. The fourth-order valence-corrected chi connectivity index (χ4v) is 8.38. The molecule has 6 N–H and O–H groups in total. The molecule has 0 aliphatic rings. The molecule has 4 atom stereocenters. The minimum absolute atomic E-state index is 0. The number of aliphatic hydroxyl groups is 4. The minimum Gasteiger partial charge on any atom is -0.477 e. The molecule has 10 aromatic rings. The van der Waals surface area contributed by atoms with Crippen LogP contribution in [0.2, 0.25) is 0 Å². The maximum Gasteiger partial charge on any atom is 0.381 e. The quantitative estimate of drug-likeness (QED) is 0.0489. The van der Waals surface area contributed by atoms with Crippen LogP contribution >= 0.6 is 0 Å². The van der Waals surface area contributed by atoms with E-state index in [1.165, 1.54) is 60.9 Å². The Balaban J connectivity index is 0. The van der Waals surface area contributed by atoms with Gasteiger partial charge in [-0.1, -0.05) is 39.8 Å². The van der Waals surface area contributed by atoms with Crippen LogP contribution < -0.4 is 0 Å². The molecule has 0 aliphatic carbocycles. The van der Waals surface area contributed by atoms with Crippen molar-refractivity contribution < 1.29 is 156 Å². The molecule has 6 aromatic heterocycles. The van der Waals surface area contributed by atoms with E-state index in [2.05, 4.69) is 102 Å². The third-order valence-electron chi connectivity index (χ3n) is 13.2. The summed E-state index contributed by atoms with van der Waals surface area (Å²) in [7, 11) is 0. The Morgan fingerprint density at radius 1 is 0.387 bits per heavy atom. The fraction of sp³-hybridized carbons (Fsp3) is 0.316. The Hall–Kier alpha value is -7.68. The number of hydrogen-bond acceptors (Lipinski definition) is 16. The number of alkyl halides is 6. The summed E-state index contributed by atoms with van der Waals surface area (Å²) in [6, 6.07) is 35.8. The zero-order chi connectivity index (χ0) is 76.6. The van der Waals surface area contributed by atoms with Gasteiger partial charge in [-0.25, -0.2) is 19.6 Å². The molecule has 10 rings (SSSR count). The van der Waals surface area contributed by atoms with E-state index in [1.54, 1.807) is 117 Å². The van der Waals surface area contributed by atoms with Gasteiger partial charge >= 0.3 is 24.3 Å². The number of aliphatic hydroxyl groups excluding tert-OH is 4. The second-order valence-electron chi connectivity index (χ2n) is 23.4. The molecule has 18 nitrogen and oxygen atoms in total. The molecule has 0 saturated heterocycles. The summed E-state index contributed by atoms with van der Waals surface area (Å²) in [4.78, 5) is 62.0. The normalized spacial score (nSPS) is 11.4. The molecule has 6 heterocycles. The molecule has 4 unspecified atom stereocenters. The second kappa shape index (κ2) is 50.0. The first-order chi connectivity index (χ1) is 47.8. The van der Waals surface area contributed by atoms with Crippen LogP contribution in [0.5, 0.6) is 0 Å². The number of rotatable bonds is 12. The Bertz CT molecular complexity index is 3880. The van der Waals surface area contributed by atoms with Crippen LogP contribution in [0.3, 0.4) is 0 Å². The summed E-state index contributed by atoms with van der Waals surface area (Å²) in [5.74, 6) is -1.86. The Kier molecular flexibility index (Phi) is 47.4. The molecule has 580 valence electrons. The van der Waals surface area contributed by atoms with Crippen LogP contribution in [-0.4, -0.2) is 117 Å². The number of aromatic carboxylic acids is 2. The van der Waals surface area contributed by atoms with Gasteiger partial charge in [0.15, 0.2) is 0 Å². The second-order valence-corrected chi connectivity index (χ2v) is 23.4. The van der Waals surface area contributed by atoms with Crippen molar-refractivity contribution in [3.63, 3.8) is 0 Å². The summed E-state index contributed by atoms with van der Waals surface area (Å²) >= 11 is 0. The van der Waals surface area contributed by atoms with Crippen molar-refractivity contribution in [3.05, 3.63) is 250 Å². The van der Waals surface area contributed by atoms with Crippen molar-refractivity contribution in [2.75, 3.05) is 0 Å². The fourth-order valence-electron chi connectivity index (χ4n) is 8.38. The van der Waals surface area contributed by atoms with Crippen LogP contribution in [-0.2, 0) is 92.8 Å². The van der Waals surface area contributed by atoms with Gasteiger partial charge in [0, 0.05) is 175 Å². The first-order valence-electron chi connectivity index (χ1n) is 31.6. The molecule has 0 saturated carbocycles. The van der Waals surface area contributed by atoms with Gasteiger partial charge in [0.05, 0.1) is 47.2 Å². The topological polar surface area (TPSA) is 284 Å². The predicted molar refractivity (Wildman–Crippen MR) is 370 cm³/mol. The van der Waals surface area contributed by atoms with Gasteiger partial charge in [0.1, 0.15) is 11.4 Å². The number of carbonyl (C=O) groups is 2. The number of carboxylic acids is 2. The first kappa shape index (κ1) is 100. The molecule has 30 heteroatoms. The maximum atomic E-state index is 12.8. The zero-order valence-electron chi connectivity index (χ0n) is 60.1. The number of nitrogens with zero attached hydrogens (tertiary/aromatic N) is 10. The van der Waals surface area contributed by atoms with E-state index in [9.17, 15) is 44.7 Å². The number of hydrogen-bond donors (Lipinski definition) is 6. The number of carboxylic acid groups (broad SMARTS) is 2. The molecule has 0 amide bonds. The van der Waals surface area contributed by atoms with Crippen molar-refractivity contribution in [2.24, 2.45) is 0 Å². The molecule has 4 radical (unpaired) electrons. The third kappa shape index (κ3) is 37.7. The summed E-state index contributed by atoms with van der Waals surface area (Å²) in [6.45, 7) is 25.9. The van der Waals surface area contributed by atoms with E-state index < -0.39 is 35.4 Å². The number of halogens is 8. The monoisotopic (exact) mass is 2190 g/mol. The van der Waals surface area contributed by atoms with Gasteiger partial charge < -0.3 is 50.6 Å². The van der Waals surface area contributed by atoms with E-state index in [0.717, 1.165) is 80.9 Å². The average Bonchev–Trinajstić information content (AvgIpc) is 0.843. The minimum atomic E-state index is -4.34. The molecular weight excluding hydrogens is 2100 g/mol. The Morgan fingerprint density at radius 3 is 0.840 bits per heavy atom. The molecule has 4 aromatic carbocycles. The van der Waals surface area contributed by atoms with Crippen LogP contribution in [0, 0.1) is 77.4 Å². The number of aromatic nitrogens is 10. The Labute approximate surface area is 666 Å². The van der Waals surface area contributed by atoms with Crippen molar-refractivity contribution >= 4 is 11.9 Å². The van der Waals surface area contributed by atoms with Gasteiger partial charge in [-0.2, -0.15) is 26.3 Å². The van der Waals surface area contributed by atoms with Crippen molar-refractivity contribution in [2.45, 2.75) is 158 Å². The summed E-state index contributed by atoms with van der Waals surface area (Å²) in [5, 5.41) is 50.9. The molecule has 0 bridgehead atoms. The first-order valence-corrected chi connectivity index (χ1v) is 31.6. The summed E-state index contributed by atoms with van der Waals surface area (Å²) in [5.41, 5.74) is 10.4. The van der Waals surface area contributed by atoms with Crippen molar-refractivity contribution in [1.82, 2.24) is 49.8 Å². The van der Waals surface area contributed by atoms with E-state index in [0.29, 0.717) is 58.6 Å². The zero-order valence-corrected chi connectivity index (χ0v) is 69.6. The smallest absolute Gasteiger partial charge is 0.381 e. The summed E-state index contributed by atoms with van der Waals surface area (Å²) in [6.07, 6.45) is 0.342. The maximum absolute atomic E-state index is 12.8. The number of pyridine rings is 2. The average molecular weight is 2180 g/mol. The standard InChI is InChI=1S/2C14H14FN2.2C13H10F3N2.2C6H5NO2.2C5H12O2.4Ir/c2*1-9(2)13-8-16-14(10(3)17-13)11-4-6-12(15)7-5-11;2*1-8-7-17-12(9(2)18-8)10-3-5-11(6-4-10)13(14,15)16;2*8-6(9)5-3-1-2-4-7-5;2*1-4(6)3-5(2)7;;;;/h2*4,6-9H,1-3H3;2*3,5-7H,1-2H3;2*1-4H,(H,8,9);2*4-7H,3H2,1-2H3;;;;/q4*-1;;;;;;;;. The van der Waals surface area contributed by atoms with Gasteiger partial charge in [-0.3, -0.25) is 28.7 Å². The molecule has 0 aliphatic heterocycles. The largest absolute Gasteiger partial charge is 0.477 e. The molecule has 0 spiro atoms. The van der Waals surface area contributed by atoms with Gasteiger partial charge in [-0.15, -0.1) is 119 Å². The number of benzene rings is 4. The van der Waals surface area contributed by atoms with Crippen LogP contribution in [0.4, 0.5) is 35.1 Å². The Morgan fingerprint density at radius 2 is 0.660 bits per heavy atom. The number of aryl methyl sites for hydroxylation is 6. The van der Waals surface area contributed by atoms with Crippen molar-refractivity contribution in [3.8, 4) is 45.0 Å². The van der Waals surface area contributed by atoms with Crippen molar-refractivity contribution in [1.29, 1.82) is 0 Å². The van der Waals surface area contributed by atoms with Crippen LogP contribution in [0.25, 0.3) is 45.0 Å². The SMILES string of the molecule is CC(O)CC(C)O.CC(O)CC(C)O.Cc1cnc(-c2[c-]cc(C(F)(F)F)cc2)c(C)n1.Cc1cnc(-c2[c-]cc(C(F)(F)F)cc2)c(C)n1.Cc1nc(C(C)C)cnc1-c1[c-]cc(F)cc1.Cc1nc(C(C)C)cnc1-c1[c-]cc(F)cc1.O=C(O)c1ccccn1.O=C(O)c1ccccn1.[Ir].[Ir].[Ir].[Ir]. The molecular formula is C76H82F8Ir4N10O8-4. The van der Waals surface area contributed by atoms with Gasteiger partial charge in [-0.05, 0) is 129 Å². The summed E-state index contributed by atoms with van der Waals surface area (Å²) < 4.78 is 100.